The highest BCUT2D eigenvalue weighted by Crippen LogP contribution is 2.19. The molecule has 1 aliphatic rings. The van der Waals surface area contributed by atoms with Crippen LogP contribution in [0.3, 0.4) is 0 Å². The molecule has 1 fully saturated rings. The molecule has 0 unspecified atom stereocenters. The van der Waals surface area contributed by atoms with Gasteiger partial charge < -0.3 is 9.64 Å². The minimum Gasteiger partial charge on any atom is -0.469 e. The van der Waals surface area contributed by atoms with E-state index in [1.54, 1.807) is 4.90 Å². The summed E-state index contributed by atoms with van der Waals surface area (Å²) in [5.41, 5.74) is 0.248. The van der Waals surface area contributed by atoms with Crippen LogP contribution in [0.25, 0.3) is 0 Å². The van der Waals surface area contributed by atoms with Crippen molar-refractivity contribution in [2.24, 2.45) is 5.92 Å². The standard InChI is InChI=1S/C13H15FN2O3/c1-19-13(18)10-3-2-6-16(8-10)12(17)9-4-5-15-11(14)7-9/h4-5,7,10H,2-3,6,8H2,1H3/t10-/m0/s1. The van der Waals surface area contributed by atoms with E-state index in [1.807, 2.05) is 0 Å². The number of piperidine rings is 1. The summed E-state index contributed by atoms with van der Waals surface area (Å²) < 4.78 is 17.7. The van der Waals surface area contributed by atoms with Crippen molar-refractivity contribution in [2.75, 3.05) is 20.2 Å². The zero-order chi connectivity index (χ0) is 13.8. The molecule has 2 rings (SSSR count). The van der Waals surface area contributed by atoms with Crippen LogP contribution in [-0.4, -0.2) is 42.0 Å². The topological polar surface area (TPSA) is 59.5 Å². The lowest BCUT2D eigenvalue weighted by Gasteiger charge is -2.31. The van der Waals surface area contributed by atoms with E-state index in [0.717, 1.165) is 12.5 Å². The van der Waals surface area contributed by atoms with E-state index in [4.69, 9.17) is 4.74 Å². The highest BCUT2D eigenvalue weighted by molar-refractivity contribution is 5.94. The van der Waals surface area contributed by atoms with Crippen molar-refractivity contribution in [3.63, 3.8) is 0 Å². The molecular formula is C13H15FN2O3. The van der Waals surface area contributed by atoms with Crippen LogP contribution in [0.5, 0.6) is 0 Å². The molecule has 0 spiro atoms. The number of carbonyl (C=O) groups excluding carboxylic acids is 2. The van der Waals surface area contributed by atoms with Crippen molar-refractivity contribution in [3.8, 4) is 0 Å². The van der Waals surface area contributed by atoms with Gasteiger partial charge in [0.1, 0.15) is 0 Å². The molecule has 5 nitrogen and oxygen atoms in total. The van der Waals surface area contributed by atoms with Gasteiger partial charge in [-0.05, 0) is 18.9 Å². The number of esters is 1. The maximum atomic E-state index is 13.0. The van der Waals surface area contributed by atoms with Gasteiger partial charge in [0, 0.05) is 30.9 Å². The first kappa shape index (κ1) is 13.5. The number of likely N-dealkylation sites (tertiary alicyclic amines) is 1. The first-order chi connectivity index (χ1) is 9.11. The lowest BCUT2D eigenvalue weighted by Crippen LogP contribution is -2.42. The Morgan fingerprint density at radius 2 is 2.32 bits per heavy atom. The van der Waals surface area contributed by atoms with Gasteiger partial charge in [-0.2, -0.15) is 4.39 Å². The first-order valence-corrected chi connectivity index (χ1v) is 6.10. The second-order valence-electron chi connectivity index (χ2n) is 4.48. The molecule has 2 heterocycles. The Bertz CT molecular complexity index is 493. The van der Waals surface area contributed by atoms with E-state index in [0.29, 0.717) is 19.5 Å². The Labute approximate surface area is 110 Å². The average molecular weight is 266 g/mol. The summed E-state index contributed by atoms with van der Waals surface area (Å²) >= 11 is 0. The van der Waals surface area contributed by atoms with Crippen molar-refractivity contribution in [3.05, 3.63) is 29.8 Å². The van der Waals surface area contributed by atoms with Gasteiger partial charge in [-0.3, -0.25) is 9.59 Å². The van der Waals surface area contributed by atoms with Gasteiger partial charge in [-0.1, -0.05) is 0 Å². The van der Waals surface area contributed by atoms with Crippen LogP contribution in [0.15, 0.2) is 18.3 Å². The molecule has 1 saturated heterocycles. The molecule has 1 atom stereocenters. The molecule has 0 bridgehead atoms. The number of pyridine rings is 1. The Hall–Kier alpha value is -1.98. The normalized spacial score (nSPS) is 19.1. The minimum absolute atomic E-state index is 0.248. The predicted octanol–water partition coefficient (Wildman–Crippen LogP) is 1.25. The molecule has 1 amide bonds. The van der Waals surface area contributed by atoms with E-state index in [9.17, 15) is 14.0 Å². The molecule has 1 aromatic rings. The van der Waals surface area contributed by atoms with Crippen LogP contribution in [-0.2, 0) is 9.53 Å². The molecule has 6 heteroatoms. The molecule has 0 radical (unpaired) electrons. The number of amides is 1. The van der Waals surface area contributed by atoms with E-state index in [-0.39, 0.29) is 23.4 Å². The van der Waals surface area contributed by atoms with Gasteiger partial charge in [-0.25, -0.2) is 4.98 Å². The summed E-state index contributed by atoms with van der Waals surface area (Å²) in [6.45, 7) is 0.881. The molecule has 0 aromatic carbocycles. The number of hydrogen-bond donors (Lipinski definition) is 0. The second kappa shape index (κ2) is 5.77. The monoisotopic (exact) mass is 266 g/mol. The van der Waals surface area contributed by atoms with Crippen LogP contribution in [0, 0.1) is 11.9 Å². The lowest BCUT2D eigenvalue weighted by molar-refractivity contribution is -0.146. The fraction of sp³-hybridized carbons (Fsp3) is 0.462. The highest BCUT2D eigenvalue weighted by Gasteiger charge is 2.29. The molecule has 0 N–H and O–H groups in total. The number of methoxy groups -OCH3 is 1. The quantitative estimate of drug-likeness (QED) is 0.597. The summed E-state index contributed by atoms with van der Waals surface area (Å²) in [6, 6.07) is 2.57. The largest absolute Gasteiger partial charge is 0.469 e. The van der Waals surface area contributed by atoms with E-state index in [1.165, 1.54) is 19.4 Å². The highest BCUT2D eigenvalue weighted by atomic mass is 19.1. The molecule has 1 aliphatic heterocycles. The van der Waals surface area contributed by atoms with Gasteiger partial charge in [0.05, 0.1) is 13.0 Å². The maximum Gasteiger partial charge on any atom is 0.310 e. The Kier molecular flexibility index (Phi) is 4.09. The predicted molar refractivity (Wildman–Crippen MR) is 64.8 cm³/mol. The number of carbonyl (C=O) groups is 2. The van der Waals surface area contributed by atoms with Crippen molar-refractivity contribution < 1.29 is 18.7 Å². The van der Waals surface area contributed by atoms with Crippen LogP contribution < -0.4 is 0 Å². The summed E-state index contributed by atoms with van der Waals surface area (Å²) in [5, 5.41) is 0. The lowest BCUT2D eigenvalue weighted by atomic mass is 9.97. The molecule has 102 valence electrons. The van der Waals surface area contributed by atoms with Gasteiger partial charge in [0.15, 0.2) is 0 Å². The summed E-state index contributed by atoms with van der Waals surface area (Å²) in [4.78, 5) is 28.7. The Morgan fingerprint density at radius 1 is 1.53 bits per heavy atom. The zero-order valence-corrected chi connectivity index (χ0v) is 10.6. The van der Waals surface area contributed by atoms with Gasteiger partial charge in [-0.15, -0.1) is 0 Å². The SMILES string of the molecule is COC(=O)[C@H]1CCCN(C(=O)c2ccnc(F)c2)C1. The van der Waals surface area contributed by atoms with E-state index < -0.39 is 5.95 Å². The fourth-order valence-electron chi connectivity index (χ4n) is 2.24. The number of halogens is 1. The smallest absolute Gasteiger partial charge is 0.310 e. The van der Waals surface area contributed by atoms with Crippen molar-refractivity contribution in [2.45, 2.75) is 12.8 Å². The average Bonchev–Trinajstić information content (AvgIpc) is 2.45. The molecule has 0 saturated carbocycles. The third-order valence-electron chi connectivity index (χ3n) is 3.22. The molecule has 19 heavy (non-hydrogen) atoms. The van der Waals surface area contributed by atoms with Crippen molar-refractivity contribution in [1.29, 1.82) is 0 Å². The Balaban J connectivity index is 2.09. The minimum atomic E-state index is -0.688. The third kappa shape index (κ3) is 3.07. The number of nitrogens with zero attached hydrogens (tertiary/aromatic N) is 2. The van der Waals surface area contributed by atoms with Crippen LogP contribution in [0.2, 0.25) is 0 Å². The number of rotatable bonds is 2. The van der Waals surface area contributed by atoms with Gasteiger partial charge in [0.2, 0.25) is 5.95 Å². The van der Waals surface area contributed by atoms with Crippen LogP contribution in [0.4, 0.5) is 4.39 Å². The van der Waals surface area contributed by atoms with E-state index in [2.05, 4.69) is 4.98 Å². The van der Waals surface area contributed by atoms with Gasteiger partial charge >= 0.3 is 5.97 Å². The maximum absolute atomic E-state index is 13.0. The van der Waals surface area contributed by atoms with Crippen LogP contribution >= 0.6 is 0 Å². The van der Waals surface area contributed by atoms with Crippen LogP contribution in [0.1, 0.15) is 23.2 Å². The number of hydrogen-bond acceptors (Lipinski definition) is 4. The second-order valence-corrected chi connectivity index (χ2v) is 4.48. The summed E-state index contributed by atoms with van der Waals surface area (Å²) in [5.74, 6) is -1.57. The number of ether oxygens (including phenoxy) is 1. The van der Waals surface area contributed by atoms with Crippen molar-refractivity contribution in [1.82, 2.24) is 9.88 Å². The molecule has 1 aromatic heterocycles. The Morgan fingerprint density at radius 3 is 3.00 bits per heavy atom. The molecule has 0 aliphatic carbocycles. The van der Waals surface area contributed by atoms with Gasteiger partial charge in [0.25, 0.3) is 5.91 Å². The zero-order valence-electron chi connectivity index (χ0n) is 10.6. The third-order valence-corrected chi connectivity index (χ3v) is 3.22. The fourth-order valence-corrected chi connectivity index (χ4v) is 2.24. The summed E-state index contributed by atoms with van der Waals surface area (Å²) in [7, 11) is 1.33. The first-order valence-electron chi connectivity index (χ1n) is 6.10. The molecular weight excluding hydrogens is 251 g/mol. The van der Waals surface area contributed by atoms with E-state index >= 15 is 0 Å². The number of aromatic nitrogens is 1. The van der Waals surface area contributed by atoms with Crippen molar-refractivity contribution >= 4 is 11.9 Å². The summed E-state index contributed by atoms with van der Waals surface area (Å²) in [6.07, 6.45) is 2.70.